The number of carboxylic acid groups (broad SMARTS) is 2. The second-order valence-electron chi connectivity index (χ2n) is 11.3. The average Bonchev–Trinajstić information content (AvgIpc) is 3.09. The fraction of sp³-hybridized carbons (Fsp3) is 0.643. The van der Waals surface area contributed by atoms with Gasteiger partial charge in [0.25, 0.3) is 0 Å². The molecule has 6 atom stereocenters. The van der Waals surface area contributed by atoms with Crippen molar-refractivity contribution in [1.82, 2.24) is 31.9 Å². The van der Waals surface area contributed by atoms with Crippen molar-refractivity contribution >= 4 is 71.9 Å². The number of carboxylic acids is 2. The molecule has 0 radical (unpaired) electrons. The number of rotatable bonds is 26. The van der Waals surface area contributed by atoms with Crippen molar-refractivity contribution in [3.63, 3.8) is 0 Å². The molecule has 0 saturated heterocycles. The van der Waals surface area contributed by atoms with Gasteiger partial charge >= 0.3 is 11.9 Å². The molecular formula is C28H51N13O11S. The molecule has 300 valence electrons. The monoisotopic (exact) mass is 777 g/mol. The number of hydrogen-bond donors (Lipinski definition) is 15. The molecule has 0 bridgehead atoms. The maximum absolute atomic E-state index is 13.6. The van der Waals surface area contributed by atoms with Crippen molar-refractivity contribution < 1.29 is 53.7 Å². The number of aliphatic carboxylic acids is 2. The fourth-order valence-corrected chi connectivity index (χ4v) is 4.46. The first kappa shape index (κ1) is 47.6. The molecule has 0 aromatic rings. The van der Waals surface area contributed by atoms with E-state index in [1.165, 1.54) is 6.92 Å². The van der Waals surface area contributed by atoms with E-state index in [0.717, 1.165) is 0 Å². The maximum Gasteiger partial charge on any atom is 0.326 e. The van der Waals surface area contributed by atoms with Gasteiger partial charge in [-0.2, -0.15) is 12.6 Å². The number of nitrogens with two attached hydrogens (primary N) is 5. The zero-order valence-electron chi connectivity index (χ0n) is 29.1. The summed E-state index contributed by atoms with van der Waals surface area (Å²) in [6.07, 6.45) is -1.09. The van der Waals surface area contributed by atoms with Gasteiger partial charge in [0.1, 0.15) is 36.3 Å². The number of hydrogen-bond acceptors (Lipinski definition) is 13. The number of nitrogens with one attached hydrogen (secondary N) is 6. The highest BCUT2D eigenvalue weighted by Crippen LogP contribution is 2.06. The van der Waals surface area contributed by atoms with Gasteiger partial charge in [-0.05, 0) is 39.0 Å². The van der Waals surface area contributed by atoms with Gasteiger partial charge in [0.2, 0.25) is 35.4 Å². The van der Waals surface area contributed by atoms with Crippen LogP contribution in [0.1, 0.15) is 45.4 Å². The zero-order chi connectivity index (χ0) is 40.7. The molecule has 25 heteroatoms. The van der Waals surface area contributed by atoms with Crippen molar-refractivity contribution in [2.75, 3.05) is 32.0 Å². The van der Waals surface area contributed by atoms with Gasteiger partial charge < -0.3 is 75.9 Å². The molecule has 0 aliphatic heterocycles. The maximum atomic E-state index is 13.6. The van der Waals surface area contributed by atoms with Crippen LogP contribution in [0.25, 0.3) is 0 Å². The highest BCUT2D eigenvalue weighted by atomic mass is 32.1. The van der Waals surface area contributed by atoms with Gasteiger partial charge in [0.05, 0.1) is 13.2 Å². The van der Waals surface area contributed by atoms with Gasteiger partial charge in [-0.3, -0.25) is 43.5 Å². The predicted molar refractivity (Wildman–Crippen MR) is 192 cm³/mol. The topological polar surface area (TPSA) is 424 Å². The number of aliphatic imine (C=N–C) groups is 2. The normalized spacial score (nSPS) is 14.0. The SMILES string of the molecule is C[C@H](NC(=O)[C@H](CS)NC(=O)CN)C(=O)N[C@@H](CCCN=C(N)N)C(=O)N[C@@H](CCCN=C(N)N)C(=O)N[C@@H](CO)C(=O)N[C@@H](CCC(=O)O)C(=O)O. The second-order valence-corrected chi connectivity index (χ2v) is 11.7. The number of aliphatic hydroxyl groups excluding tert-OH is 1. The summed E-state index contributed by atoms with van der Waals surface area (Å²) < 4.78 is 0. The van der Waals surface area contributed by atoms with Crippen molar-refractivity contribution in [2.45, 2.75) is 81.7 Å². The van der Waals surface area contributed by atoms with E-state index in [0.29, 0.717) is 0 Å². The Morgan fingerprint density at radius 3 is 1.47 bits per heavy atom. The van der Waals surface area contributed by atoms with Crippen LogP contribution in [0.3, 0.4) is 0 Å². The van der Waals surface area contributed by atoms with Crippen LogP contribution in [0.15, 0.2) is 9.98 Å². The minimum absolute atomic E-state index is 0.00464. The summed E-state index contributed by atoms with van der Waals surface area (Å²) in [5.41, 5.74) is 26.7. The number of nitrogens with zero attached hydrogens (tertiary/aromatic N) is 2. The average molecular weight is 778 g/mol. The van der Waals surface area contributed by atoms with E-state index < -0.39 is 110 Å². The van der Waals surface area contributed by atoms with Crippen LogP contribution >= 0.6 is 12.6 Å². The Morgan fingerprint density at radius 2 is 1.06 bits per heavy atom. The largest absolute Gasteiger partial charge is 0.481 e. The molecule has 0 fully saturated rings. The van der Waals surface area contributed by atoms with Gasteiger partial charge in [0.15, 0.2) is 11.9 Å². The van der Waals surface area contributed by atoms with Crippen molar-refractivity contribution in [3.8, 4) is 0 Å². The lowest BCUT2D eigenvalue weighted by Crippen LogP contribution is -2.59. The van der Waals surface area contributed by atoms with Crippen LogP contribution in [-0.4, -0.2) is 143 Å². The molecule has 24 nitrogen and oxygen atoms in total. The molecule has 0 aliphatic rings. The molecule has 53 heavy (non-hydrogen) atoms. The van der Waals surface area contributed by atoms with Crippen molar-refractivity contribution in [3.05, 3.63) is 0 Å². The van der Waals surface area contributed by atoms with Crippen LogP contribution in [0.5, 0.6) is 0 Å². The van der Waals surface area contributed by atoms with Gasteiger partial charge in [-0.1, -0.05) is 0 Å². The third kappa shape index (κ3) is 20.3. The summed E-state index contributed by atoms with van der Waals surface area (Å²) in [4.78, 5) is 107. The van der Waals surface area contributed by atoms with Crippen molar-refractivity contribution in [2.24, 2.45) is 38.7 Å². The molecular weight excluding hydrogens is 726 g/mol. The molecule has 0 aromatic carbocycles. The Balaban J connectivity index is 6.14. The van der Waals surface area contributed by atoms with Crippen LogP contribution in [-0.2, 0) is 38.4 Å². The fourth-order valence-electron chi connectivity index (χ4n) is 4.20. The molecule has 0 heterocycles. The molecule has 6 amide bonds. The minimum atomic E-state index is -1.73. The van der Waals surface area contributed by atoms with Crippen LogP contribution in [0, 0.1) is 0 Å². The lowest BCUT2D eigenvalue weighted by Gasteiger charge is -2.26. The van der Waals surface area contributed by atoms with Crippen molar-refractivity contribution in [1.29, 1.82) is 0 Å². The predicted octanol–water partition coefficient (Wildman–Crippen LogP) is -7.15. The van der Waals surface area contributed by atoms with E-state index in [1.54, 1.807) is 0 Å². The third-order valence-corrected chi connectivity index (χ3v) is 7.37. The lowest BCUT2D eigenvalue weighted by atomic mass is 10.1. The van der Waals surface area contributed by atoms with Crippen LogP contribution in [0.4, 0.5) is 0 Å². The van der Waals surface area contributed by atoms with E-state index in [-0.39, 0.29) is 56.4 Å². The molecule has 0 aliphatic carbocycles. The summed E-state index contributed by atoms with van der Waals surface area (Å²) in [6.45, 7) is -0.0682. The Bertz CT molecular complexity index is 1340. The van der Waals surface area contributed by atoms with E-state index in [4.69, 9.17) is 33.8 Å². The van der Waals surface area contributed by atoms with E-state index >= 15 is 0 Å². The summed E-state index contributed by atoms with van der Waals surface area (Å²) >= 11 is 4.02. The first-order valence-electron chi connectivity index (χ1n) is 16.1. The first-order valence-corrected chi connectivity index (χ1v) is 16.8. The molecule has 0 aromatic heterocycles. The Labute approximate surface area is 309 Å². The standard InChI is InChI=1S/C28H51N13O11S/c1-13(36-25(50)18(12-53)37-19(43)10-29)21(46)38-14(4-2-8-34-27(30)31)22(47)39-15(5-3-9-35-28(32)33)23(48)41-17(11-42)24(49)40-16(26(51)52)6-7-20(44)45/h13-18,42,53H,2-12,29H2,1H3,(H,36,50)(H,37,43)(H,38,46)(H,39,47)(H,40,49)(H,41,48)(H,44,45)(H,51,52)(H4,30,31,34)(H4,32,33,35)/t13-,14-,15-,16-,17-,18-/m0/s1. The number of carbonyl (C=O) groups excluding carboxylic acids is 6. The highest BCUT2D eigenvalue weighted by Gasteiger charge is 2.32. The number of amides is 6. The molecule has 0 saturated carbocycles. The smallest absolute Gasteiger partial charge is 0.326 e. The number of aliphatic hydroxyl groups is 1. The van der Waals surface area contributed by atoms with Gasteiger partial charge in [-0.15, -0.1) is 0 Å². The quantitative estimate of drug-likeness (QED) is 0.0168. The van der Waals surface area contributed by atoms with E-state index in [2.05, 4.69) is 54.5 Å². The van der Waals surface area contributed by atoms with Gasteiger partial charge in [-0.25, -0.2) is 4.79 Å². The summed E-state index contributed by atoms with van der Waals surface area (Å²) in [5, 5.41) is 42.0. The Hall–Kier alpha value is -5.43. The van der Waals surface area contributed by atoms with Gasteiger partial charge in [0, 0.05) is 25.3 Å². The third-order valence-electron chi connectivity index (χ3n) is 7.01. The Morgan fingerprint density at radius 1 is 0.623 bits per heavy atom. The number of carbonyl (C=O) groups is 8. The number of thiol groups is 1. The van der Waals surface area contributed by atoms with E-state index in [9.17, 15) is 48.6 Å². The van der Waals surface area contributed by atoms with Crippen LogP contribution in [0.2, 0.25) is 0 Å². The highest BCUT2D eigenvalue weighted by molar-refractivity contribution is 7.80. The Kier molecular flexibility index (Phi) is 22.9. The minimum Gasteiger partial charge on any atom is -0.481 e. The van der Waals surface area contributed by atoms with Crippen LogP contribution < -0.4 is 60.6 Å². The number of guanidine groups is 2. The zero-order valence-corrected chi connectivity index (χ0v) is 30.0. The second kappa shape index (κ2) is 25.5. The summed E-state index contributed by atoms with van der Waals surface area (Å²) in [7, 11) is 0. The first-order chi connectivity index (χ1) is 24.9. The summed E-state index contributed by atoms with van der Waals surface area (Å²) in [5.74, 6) is -8.83. The molecule has 0 unspecified atom stereocenters. The molecule has 19 N–H and O–H groups in total. The molecule has 0 spiro atoms. The molecule has 0 rings (SSSR count). The summed E-state index contributed by atoms with van der Waals surface area (Å²) in [6, 6.07) is -8.59. The van der Waals surface area contributed by atoms with E-state index in [1.807, 2.05) is 0 Å². The lowest BCUT2D eigenvalue weighted by molar-refractivity contribution is -0.143.